The van der Waals surface area contributed by atoms with E-state index in [0.29, 0.717) is 17.5 Å². The number of H-pyrrole nitrogens is 1. The van der Waals surface area contributed by atoms with Gasteiger partial charge in [-0.25, -0.2) is 4.98 Å². The Bertz CT molecular complexity index is 498. The molecule has 1 aromatic heterocycles. The van der Waals surface area contributed by atoms with Crippen molar-refractivity contribution < 1.29 is 4.79 Å². The van der Waals surface area contributed by atoms with E-state index in [4.69, 9.17) is 0 Å². The van der Waals surface area contributed by atoms with Crippen LogP contribution in [0.25, 0.3) is 11.0 Å². The lowest BCUT2D eigenvalue weighted by Crippen LogP contribution is -2.03. The average Bonchev–Trinajstić information content (AvgIpc) is 3.06. The molecule has 4 heteroatoms. The normalized spacial score (nSPS) is 15.5. The number of imidazole rings is 1. The number of thioether (sulfide) groups is 1. The number of carbonyl (C=O) groups is 1. The maximum absolute atomic E-state index is 11.5. The first-order valence-corrected chi connectivity index (χ1v) is 6.42. The Balaban J connectivity index is 1.71. The van der Waals surface area contributed by atoms with Crippen molar-refractivity contribution in [2.75, 3.05) is 5.75 Å². The number of ketones is 1. The highest BCUT2D eigenvalue weighted by molar-refractivity contribution is 7.99. The van der Waals surface area contributed by atoms with Crippen molar-refractivity contribution in [2.24, 2.45) is 5.92 Å². The molecule has 0 unspecified atom stereocenters. The molecule has 16 heavy (non-hydrogen) atoms. The second kappa shape index (κ2) is 3.94. The molecule has 1 aromatic carbocycles. The number of nitrogens with zero attached hydrogens (tertiary/aromatic N) is 1. The molecule has 3 nitrogen and oxygen atoms in total. The van der Waals surface area contributed by atoms with E-state index in [0.717, 1.165) is 29.0 Å². The minimum absolute atomic E-state index is 0.344. The van der Waals surface area contributed by atoms with E-state index in [2.05, 4.69) is 9.97 Å². The van der Waals surface area contributed by atoms with E-state index in [1.165, 1.54) is 11.8 Å². The predicted octanol–water partition coefficient (Wildman–Crippen LogP) is 2.63. The van der Waals surface area contributed by atoms with Gasteiger partial charge in [-0.05, 0) is 25.0 Å². The third-order valence-electron chi connectivity index (χ3n) is 2.75. The van der Waals surface area contributed by atoms with E-state index >= 15 is 0 Å². The first-order chi connectivity index (χ1) is 7.83. The fourth-order valence-electron chi connectivity index (χ4n) is 1.66. The first kappa shape index (κ1) is 9.90. The number of nitrogens with one attached hydrogen (secondary N) is 1. The van der Waals surface area contributed by atoms with Gasteiger partial charge in [-0.1, -0.05) is 23.9 Å². The highest BCUT2D eigenvalue weighted by Crippen LogP contribution is 2.31. The SMILES string of the molecule is O=C(CSc1nc2ccccc2[nH]1)C1CC1. The van der Waals surface area contributed by atoms with Crippen LogP contribution in [0.1, 0.15) is 12.8 Å². The number of carbonyl (C=O) groups excluding carboxylic acids is 1. The van der Waals surface area contributed by atoms with Crippen molar-refractivity contribution in [1.82, 2.24) is 9.97 Å². The topological polar surface area (TPSA) is 45.8 Å². The van der Waals surface area contributed by atoms with E-state index < -0.39 is 0 Å². The Morgan fingerprint density at radius 2 is 2.25 bits per heavy atom. The molecule has 1 N–H and O–H groups in total. The molecular formula is C12H12N2OS. The average molecular weight is 232 g/mol. The zero-order valence-electron chi connectivity index (χ0n) is 8.77. The molecule has 0 spiro atoms. The summed E-state index contributed by atoms with van der Waals surface area (Å²) in [6.07, 6.45) is 2.17. The minimum Gasteiger partial charge on any atom is -0.333 e. The van der Waals surface area contributed by atoms with Crippen LogP contribution in [-0.4, -0.2) is 21.5 Å². The first-order valence-electron chi connectivity index (χ1n) is 5.43. The number of para-hydroxylation sites is 2. The lowest BCUT2D eigenvalue weighted by Gasteiger charge is -1.94. The molecule has 0 bridgehead atoms. The van der Waals surface area contributed by atoms with Gasteiger partial charge in [0.05, 0.1) is 16.8 Å². The Kier molecular flexibility index (Phi) is 2.44. The number of hydrogen-bond donors (Lipinski definition) is 1. The summed E-state index contributed by atoms with van der Waals surface area (Å²) in [5.74, 6) is 1.26. The summed E-state index contributed by atoms with van der Waals surface area (Å²) >= 11 is 1.51. The fraction of sp³-hybridized carbons (Fsp3) is 0.333. The molecule has 0 aliphatic heterocycles. The van der Waals surface area contributed by atoms with Crippen molar-refractivity contribution in [1.29, 1.82) is 0 Å². The van der Waals surface area contributed by atoms with Gasteiger partial charge in [-0.15, -0.1) is 0 Å². The third kappa shape index (κ3) is 1.97. The molecular weight excluding hydrogens is 220 g/mol. The number of hydrogen-bond acceptors (Lipinski definition) is 3. The molecule has 0 atom stereocenters. The number of aromatic amines is 1. The van der Waals surface area contributed by atoms with Crippen LogP contribution in [0.15, 0.2) is 29.4 Å². The van der Waals surface area contributed by atoms with Gasteiger partial charge in [0, 0.05) is 5.92 Å². The summed E-state index contributed by atoms with van der Waals surface area (Å²) < 4.78 is 0. The number of benzene rings is 1. The molecule has 0 radical (unpaired) electrons. The standard InChI is InChI=1S/C12H12N2OS/c15-11(8-5-6-8)7-16-12-13-9-3-1-2-4-10(9)14-12/h1-4,8H,5-7H2,(H,13,14). The van der Waals surface area contributed by atoms with Gasteiger partial charge in [-0.2, -0.15) is 0 Å². The second-order valence-electron chi connectivity index (χ2n) is 4.09. The van der Waals surface area contributed by atoms with Crippen molar-refractivity contribution in [3.63, 3.8) is 0 Å². The second-order valence-corrected chi connectivity index (χ2v) is 5.05. The van der Waals surface area contributed by atoms with Gasteiger partial charge in [-0.3, -0.25) is 4.79 Å². The maximum Gasteiger partial charge on any atom is 0.166 e. The Morgan fingerprint density at radius 1 is 1.44 bits per heavy atom. The minimum atomic E-state index is 0.344. The summed E-state index contributed by atoms with van der Waals surface area (Å²) in [6, 6.07) is 7.91. The van der Waals surface area contributed by atoms with Gasteiger partial charge in [0.1, 0.15) is 5.78 Å². The zero-order valence-corrected chi connectivity index (χ0v) is 9.59. The van der Waals surface area contributed by atoms with Gasteiger partial charge < -0.3 is 4.98 Å². The van der Waals surface area contributed by atoms with Gasteiger partial charge >= 0.3 is 0 Å². The van der Waals surface area contributed by atoms with Crippen LogP contribution in [0.2, 0.25) is 0 Å². The summed E-state index contributed by atoms with van der Waals surface area (Å²) in [4.78, 5) is 19.2. The Labute approximate surface area is 97.6 Å². The van der Waals surface area contributed by atoms with E-state index in [1.54, 1.807) is 0 Å². The molecule has 1 fully saturated rings. The quantitative estimate of drug-likeness (QED) is 0.824. The number of fused-ring (bicyclic) bond motifs is 1. The van der Waals surface area contributed by atoms with Crippen molar-refractivity contribution in [3.05, 3.63) is 24.3 Å². The Morgan fingerprint density at radius 3 is 3.00 bits per heavy atom. The predicted molar refractivity (Wildman–Crippen MR) is 64.5 cm³/mol. The van der Waals surface area contributed by atoms with Crippen molar-refractivity contribution >= 4 is 28.6 Å². The highest BCUT2D eigenvalue weighted by atomic mass is 32.2. The lowest BCUT2D eigenvalue weighted by molar-refractivity contribution is -0.117. The summed E-state index contributed by atoms with van der Waals surface area (Å²) in [7, 11) is 0. The number of Topliss-reactive ketones (excluding diaryl/α,β-unsaturated/α-hetero) is 1. The zero-order chi connectivity index (χ0) is 11.0. The lowest BCUT2D eigenvalue weighted by atomic mass is 10.3. The summed E-state index contributed by atoms with van der Waals surface area (Å²) in [5, 5.41) is 0.843. The van der Waals surface area contributed by atoms with Crippen LogP contribution >= 0.6 is 11.8 Å². The molecule has 82 valence electrons. The molecule has 1 heterocycles. The third-order valence-corrected chi connectivity index (χ3v) is 3.65. The van der Waals surface area contributed by atoms with Crippen molar-refractivity contribution in [2.45, 2.75) is 18.0 Å². The van der Waals surface area contributed by atoms with Gasteiger partial charge in [0.2, 0.25) is 0 Å². The van der Waals surface area contributed by atoms with Crippen LogP contribution in [0, 0.1) is 5.92 Å². The molecule has 1 aliphatic rings. The largest absolute Gasteiger partial charge is 0.333 e. The summed E-state index contributed by atoms with van der Waals surface area (Å²) in [6.45, 7) is 0. The Hall–Kier alpha value is -1.29. The monoisotopic (exact) mass is 232 g/mol. The molecule has 0 amide bonds. The number of aromatic nitrogens is 2. The van der Waals surface area contributed by atoms with E-state index in [1.807, 2.05) is 24.3 Å². The highest BCUT2D eigenvalue weighted by Gasteiger charge is 2.29. The van der Waals surface area contributed by atoms with Crippen LogP contribution < -0.4 is 0 Å². The van der Waals surface area contributed by atoms with E-state index in [9.17, 15) is 4.79 Å². The molecule has 1 saturated carbocycles. The van der Waals surface area contributed by atoms with Crippen LogP contribution in [0.4, 0.5) is 0 Å². The number of rotatable bonds is 4. The van der Waals surface area contributed by atoms with E-state index in [-0.39, 0.29) is 0 Å². The molecule has 1 aliphatic carbocycles. The molecule has 2 aromatic rings. The van der Waals surface area contributed by atoms with Crippen LogP contribution in [0.5, 0.6) is 0 Å². The van der Waals surface area contributed by atoms with Crippen LogP contribution in [-0.2, 0) is 4.79 Å². The molecule has 3 rings (SSSR count). The van der Waals surface area contributed by atoms with Crippen molar-refractivity contribution in [3.8, 4) is 0 Å². The molecule has 0 saturated heterocycles. The van der Waals surface area contributed by atoms with Gasteiger partial charge in [0.25, 0.3) is 0 Å². The van der Waals surface area contributed by atoms with Crippen LogP contribution in [0.3, 0.4) is 0 Å². The fourth-order valence-corrected chi connectivity index (χ4v) is 2.52. The van der Waals surface area contributed by atoms with Gasteiger partial charge in [0.15, 0.2) is 5.16 Å². The smallest absolute Gasteiger partial charge is 0.166 e. The summed E-state index contributed by atoms with van der Waals surface area (Å²) in [5.41, 5.74) is 1.99. The maximum atomic E-state index is 11.5.